The van der Waals surface area contributed by atoms with E-state index >= 15 is 0 Å². The molecule has 0 atom stereocenters. The summed E-state index contributed by atoms with van der Waals surface area (Å²) in [5.41, 5.74) is 1.74. The molecule has 1 amide bonds. The average Bonchev–Trinajstić information content (AvgIpc) is 2.64. The SMILES string of the molecule is CCN(CC)C(=O)CN(Cc1ccc(Cl)cc1)S(=O)(=O)c1ccc(C)cc1. The third-order valence-electron chi connectivity index (χ3n) is 4.36. The Morgan fingerprint density at radius 2 is 1.52 bits per heavy atom. The summed E-state index contributed by atoms with van der Waals surface area (Å²) in [6, 6.07) is 13.6. The molecule has 0 radical (unpaired) electrons. The fourth-order valence-corrected chi connectivity index (χ4v) is 4.21. The van der Waals surface area contributed by atoms with Gasteiger partial charge in [-0.25, -0.2) is 8.42 Å². The van der Waals surface area contributed by atoms with Gasteiger partial charge >= 0.3 is 0 Å². The second-order valence-corrected chi connectivity index (χ2v) is 8.65. The normalized spacial score (nSPS) is 11.6. The zero-order valence-corrected chi connectivity index (χ0v) is 17.4. The van der Waals surface area contributed by atoms with E-state index in [0.717, 1.165) is 11.1 Å². The standard InChI is InChI=1S/C20H25ClN2O3S/c1-4-22(5-2)20(24)15-23(14-17-8-10-18(21)11-9-17)27(25,26)19-12-6-16(3)7-13-19/h6-13H,4-5,14-15H2,1-3H3. The number of carbonyl (C=O) groups excluding carboxylic acids is 1. The van der Waals surface area contributed by atoms with E-state index in [1.165, 1.54) is 4.31 Å². The minimum absolute atomic E-state index is 0.0976. The van der Waals surface area contributed by atoms with Crippen LogP contribution in [-0.4, -0.2) is 43.2 Å². The quantitative estimate of drug-likeness (QED) is 0.669. The number of nitrogens with zero attached hydrogens (tertiary/aromatic N) is 2. The Balaban J connectivity index is 2.36. The first-order valence-electron chi connectivity index (χ1n) is 8.87. The lowest BCUT2D eigenvalue weighted by Crippen LogP contribution is -2.42. The van der Waals surface area contributed by atoms with Gasteiger partial charge in [-0.05, 0) is 50.6 Å². The van der Waals surface area contributed by atoms with Crippen molar-refractivity contribution in [2.45, 2.75) is 32.2 Å². The van der Waals surface area contributed by atoms with Gasteiger partial charge in [0, 0.05) is 24.7 Å². The Morgan fingerprint density at radius 3 is 2.04 bits per heavy atom. The molecule has 146 valence electrons. The number of rotatable bonds is 8. The Hall–Kier alpha value is -1.89. The third kappa shape index (κ3) is 5.54. The number of carbonyl (C=O) groups is 1. The molecule has 7 heteroatoms. The summed E-state index contributed by atoms with van der Waals surface area (Å²) in [7, 11) is -3.82. The maximum atomic E-state index is 13.2. The lowest BCUT2D eigenvalue weighted by Gasteiger charge is -2.26. The van der Waals surface area contributed by atoms with Crippen molar-refractivity contribution in [2.75, 3.05) is 19.6 Å². The van der Waals surface area contributed by atoms with Gasteiger partial charge in [0.15, 0.2) is 0 Å². The minimum Gasteiger partial charge on any atom is -0.342 e. The van der Waals surface area contributed by atoms with Crippen LogP contribution in [-0.2, 0) is 21.4 Å². The summed E-state index contributed by atoms with van der Waals surface area (Å²) in [4.78, 5) is 14.4. The van der Waals surface area contributed by atoms with E-state index in [-0.39, 0.29) is 23.9 Å². The number of sulfonamides is 1. The topological polar surface area (TPSA) is 57.7 Å². The highest BCUT2D eigenvalue weighted by Gasteiger charge is 2.28. The largest absolute Gasteiger partial charge is 0.342 e. The average molecular weight is 409 g/mol. The molecular formula is C20H25ClN2O3S. The molecule has 0 N–H and O–H groups in total. The van der Waals surface area contributed by atoms with E-state index < -0.39 is 10.0 Å². The van der Waals surface area contributed by atoms with Crippen LogP contribution in [0.25, 0.3) is 0 Å². The van der Waals surface area contributed by atoms with Crippen molar-refractivity contribution in [1.29, 1.82) is 0 Å². The third-order valence-corrected chi connectivity index (χ3v) is 6.42. The van der Waals surface area contributed by atoms with Gasteiger partial charge in [0.05, 0.1) is 11.4 Å². The molecule has 2 aromatic rings. The smallest absolute Gasteiger partial charge is 0.243 e. The van der Waals surface area contributed by atoms with Crippen LogP contribution in [0, 0.1) is 6.92 Å². The fourth-order valence-electron chi connectivity index (χ4n) is 2.71. The van der Waals surface area contributed by atoms with Crippen molar-refractivity contribution < 1.29 is 13.2 Å². The van der Waals surface area contributed by atoms with Crippen molar-refractivity contribution in [3.05, 3.63) is 64.7 Å². The molecule has 0 aromatic heterocycles. The first-order chi connectivity index (χ1) is 12.8. The number of aryl methyl sites for hydroxylation is 1. The molecule has 0 bridgehead atoms. The van der Waals surface area contributed by atoms with Crippen molar-refractivity contribution >= 4 is 27.5 Å². The highest BCUT2D eigenvalue weighted by Crippen LogP contribution is 2.20. The molecule has 0 unspecified atom stereocenters. The number of amides is 1. The molecule has 0 spiro atoms. The van der Waals surface area contributed by atoms with E-state index in [9.17, 15) is 13.2 Å². The van der Waals surface area contributed by atoms with Gasteiger partial charge in [-0.3, -0.25) is 4.79 Å². The number of hydrogen-bond acceptors (Lipinski definition) is 3. The first-order valence-corrected chi connectivity index (χ1v) is 10.7. The Morgan fingerprint density at radius 1 is 0.963 bits per heavy atom. The van der Waals surface area contributed by atoms with Crippen LogP contribution in [0.3, 0.4) is 0 Å². The predicted molar refractivity (Wildman–Crippen MR) is 108 cm³/mol. The molecule has 0 aliphatic rings. The maximum absolute atomic E-state index is 13.2. The molecular weight excluding hydrogens is 384 g/mol. The molecule has 2 aromatic carbocycles. The number of hydrogen-bond donors (Lipinski definition) is 0. The number of benzene rings is 2. The van der Waals surface area contributed by atoms with Crippen LogP contribution in [0.5, 0.6) is 0 Å². The Kier molecular flexibility index (Phi) is 7.41. The summed E-state index contributed by atoms with van der Waals surface area (Å²) in [6.45, 7) is 6.61. The molecule has 5 nitrogen and oxygen atoms in total. The molecule has 27 heavy (non-hydrogen) atoms. The van der Waals surface area contributed by atoms with Crippen LogP contribution in [0.15, 0.2) is 53.4 Å². The van der Waals surface area contributed by atoms with Crippen molar-refractivity contribution in [3.63, 3.8) is 0 Å². The molecule has 0 saturated heterocycles. The lowest BCUT2D eigenvalue weighted by molar-refractivity contribution is -0.131. The highest BCUT2D eigenvalue weighted by atomic mass is 35.5. The predicted octanol–water partition coefficient (Wildman–Crippen LogP) is 3.71. The first kappa shape index (κ1) is 21.4. The van der Waals surface area contributed by atoms with E-state index in [2.05, 4.69) is 0 Å². The van der Waals surface area contributed by atoms with E-state index in [1.54, 1.807) is 53.4 Å². The van der Waals surface area contributed by atoms with E-state index in [0.29, 0.717) is 18.1 Å². The van der Waals surface area contributed by atoms with Crippen LogP contribution >= 0.6 is 11.6 Å². The number of halogens is 1. The molecule has 0 fully saturated rings. The van der Waals surface area contributed by atoms with E-state index in [1.807, 2.05) is 20.8 Å². The van der Waals surface area contributed by atoms with Gasteiger partial charge in [-0.1, -0.05) is 41.4 Å². The molecule has 0 aliphatic heterocycles. The van der Waals surface area contributed by atoms with Crippen molar-refractivity contribution in [1.82, 2.24) is 9.21 Å². The van der Waals surface area contributed by atoms with Crippen LogP contribution < -0.4 is 0 Å². The lowest BCUT2D eigenvalue weighted by atomic mass is 10.2. The number of likely N-dealkylation sites (N-methyl/N-ethyl adjacent to an activating group) is 1. The van der Waals surface area contributed by atoms with Crippen LogP contribution in [0.4, 0.5) is 0 Å². The Labute approximate surface area is 166 Å². The second kappa shape index (κ2) is 9.35. The highest BCUT2D eigenvalue weighted by molar-refractivity contribution is 7.89. The zero-order chi connectivity index (χ0) is 20.0. The summed E-state index contributed by atoms with van der Waals surface area (Å²) in [5.74, 6) is -0.218. The summed E-state index contributed by atoms with van der Waals surface area (Å²) < 4.78 is 27.6. The zero-order valence-electron chi connectivity index (χ0n) is 15.9. The molecule has 0 saturated carbocycles. The maximum Gasteiger partial charge on any atom is 0.243 e. The Bertz CT molecular complexity index is 861. The molecule has 0 heterocycles. The second-order valence-electron chi connectivity index (χ2n) is 6.28. The van der Waals surface area contributed by atoms with Crippen LogP contribution in [0.2, 0.25) is 5.02 Å². The van der Waals surface area contributed by atoms with Gasteiger partial charge in [-0.2, -0.15) is 4.31 Å². The van der Waals surface area contributed by atoms with Gasteiger partial charge in [0.1, 0.15) is 0 Å². The van der Waals surface area contributed by atoms with Crippen molar-refractivity contribution in [2.24, 2.45) is 0 Å². The summed E-state index contributed by atoms with van der Waals surface area (Å²) >= 11 is 5.92. The fraction of sp³-hybridized carbons (Fsp3) is 0.350. The van der Waals surface area contributed by atoms with E-state index in [4.69, 9.17) is 11.6 Å². The molecule has 0 aliphatic carbocycles. The van der Waals surface area contributed by atoms with Gasteiger partial charge in [-0.15, -0.1) is 0 Å². The van der Waals surface area contributed by atoms with Gasteiger partial charge < -0.3 is 4.90 Å². The summed E-state index contributed by atoms with van der Waals surface area (Å²) in [6.07, 6.45) is 0. The monoisotopic (exact) mass is 408 g/mol. The minimum atomic E-state index is -3.82. The van der Waals surface area contributed by atoms with Crippen LogP contribution in [0.1, 0.15) is 25.0 Å². The van der Waals surface area contributed by atoms with Gasteiger partial charge in [0.25, 0.3) is 0 Å². The van der Waals surface area contributed by atoms with Gasteiger partial charge in [0.2, 0.25) is 15.9 Å². The van der Waals surface area contributed by atoms with Crippen molar-refractivity contribution in [3.8, 4) is 0 Å². The molecule has 2 rings (SSSR count). The summed E-state index contributed by atoms with van der Waals surface area (Å²) in [5, 5.41) is 0.575.